The van der Waals surface area contributed by atoms with Gasteiger partial charge in [-0.15, -0.1) is 10.2 Å². The fraction of sp³-hybridized carbons (Fsp3) is 0.765. The molecular weight excluding hydrogens is 320 g/mol. The summed E-state index contributed by atoms with van der Waals surface area (Å²) in [6.07, 6.45) is 5.40. The molecule has 1 aliphatic heterocycles. The molecular formula is C17H26N6O2. The molecule has 2 aromatic rings. The standard InChI is InChI=1S/C17H26N6O2/c1-3-4-14-18-15(25-21-14)11-23-8-7-13(9-23)22(2)10-16-19-20-17(24-16)12-5-6-12/h12-13H,3-11H2,1-2H3/t13-/m1/s1. The third-order valence-corrected chi connectivity index (χ3v) is 5.01. The second-order valence-corrected chi connectivity index (χ2v) is 7.26. The Morgan fingerprint density at radius 1 is 1.20 bits per heavy atom. The third kappa shape index (κ3) is 4.07. The van der Waals surface area contributed by atoms with Crippen molar-refractivity contribution in [2.75, 3.05) is 20.1 Å². The number of hydrogen-bond acceptors (Lipinski definition) is 8. The van der Waals surface area contributed by atoms with Crippen LogP contribution >= 0.6 is 0 Å². The molecule has 8 heteroatoms. The number of hydrogen-bond donors (Lipinski definition) is 0. The molecule has 0 unspecified atom stereocenters. The van der Waals surface area contributed by atoms with Crippen LogP contribution in [0.5, 0.6) is 0 Å². The Hall–Kier alpha value is -1.80. The van der Waals surface area contributed by atoms with E-state index in [1.165, 1.54) is 12.8 Å². The van der Waals surface area contributed by atoms with Gasteiger partial charge in [-0.1, -0.05) is 12.1 Å². The molecule has 0 bridgehead atoms. The van der Waals surface area contributed by atoms with Crippen LogP contribution in [0.25, 0.3) is 0 Å². The van der Waals surface area contributed by atoms with Gasteiger partial charge in [-0.05, 0) is 32.7 Å². The van der Waals surface area contributed by atoms with Gasteiger partial charge in [0.15, 0.2) is 5.82 Å². The molecule has 0 N–H and O–H groups in total. The maximum atomic E-state index is 5.78. The Morgan fingerprint density at radius 2 is 2.08 bits per heavy atom. The van der Waals surface area contributed by atoms with E-state index in [1.54, 1.807) is 0 Å². The summed E-state index contributed by atoms with van der Waals surface area (Å²) in [6.45, 7) is 5.59. The number of aryl methyl sites for hydroxylation is 1. The summed E-state index contributed by atoms with van der Waals surface area (Å²) in [4.78, 5) is 9.13. The van der Waals surface area contributed by atoms with Crippen LogP contribution in [0.15, 0.2) is 8.94 Å². The van der Waals surface area contributed by atoms with Gasteiger partial charge in [-0.3, -0.25) is 9.80 Å². The summed E-state index contributed by atoms with van der Waals surface area (Å²) >= 11 is 0. The molecule has 1 saturated heterocycles. The minimum Gasteiger partial charge on any atom is -0.424 e. The van der Waals surface area contributed by atoms with Gasteiger partial charge < -0.3 is 8.94 Å². The van der Waals surface area contributed by atoms with Crippen molar-refractivity contribution in [1.82, 2.24) is 30.1 Å². The first-order valence-electron chi connectivity index (χ1n) is 9.27. The highest BCUT2D eigenvalue weighted by atomic mass is 16.5. The summed E-state index contributed by atoms with van der Waals surface area (Å²) < 4.78 is 11.1. The second-order valence-electron chi connectivity index (χ2n) is 7.26. The molecule has 2 aromatic heterocycles. The smallest absolute Gasteiger partial charge is 0.240 e. The molecule has 2 fully saturated rings. The van der Waals surface area contributed by atoms with E-state index in [0.29, 0.717) is 18.5 Å². The van der Waals surface area contributed by atoms with Crippen molar-refractivity contribution < 1.29 is 8.94 Å². The first-order valence-corrected chi connectivity index (χ1v) is 9.27. The average molecular weight is 346 g/mol. The number of likely N-dealkylation sites (tertiary alicyclic amines) is 1. The zero-order valence-electron chi connectivity index (χ0n) is 15.0. The first-order chi connectivity index (χ1) is 12.2. The SMILES string of the molecule is CCCc1noc(CN2CC[C@@H](N(C)Cc3nnc(C4CC4)o3)C2)n1. The van der Waals surface area contributed by atoms with Gasteiger partial charge >= 0.3 is 0 Å². The van der Waals surface area contributed by atoms with Gasteiger partial charge in [-0.2, -0.15) is 4.98 Å². The Kier molecular flexibility index (Phi) is 4.80. The number of aromatic nitrogens is 4. The van der Waals surface area contributed by atoms with Gasteiger partial charge in [0, 0.05) is 31.5 Å². The highest BCUT2D eigenvalue weighted by Crippen LogP contribution is 2.39. The predicted molar refractivity (Wildman–Crippen MR) is 89.7 cm³/mol. The lowest BCUT2D eigenvalue weighted by Gasteiger charge is -2.22. The van der Waals surface area contributed by atoms with Crippen LogP contribution in [0, 0.1) is 0 Å². The molecule has 0 aromatic carbocycles. The summed E-state index contributed by atoms with van der Waals surface area (Å²) in [5.41, 5.74) is 0. The van der Waals surface area contributed by atoms with E-state index in [4.69, 9.17) is 8.94 Å². The molecule has 8 nitrogen and oxygen atoms in total. The molecule has 1 saturated carbocycles. The van der Waals surface area contributed by atoms with E-state index in [2.05, 4.69) is 44.1 Å². The average Bonchev–Trinajstić information content (AvgIpc) is 2.99. The number of nitrogens with zero attached hydrogens (tertiary/aromatic N) is 6. The van der Waals surface area contributed by atoms with Gasteiger partial charge in [0.25, 0.3) is 0 Å². The maximum Gasteiger partial charge on any atom is 0.240 e. The summed E-state index contributed by atoms with van der Waals surface area (Å²) in [5, 5.41) is 12.4. The normalized spacial score (nSPS) is 21.5. The molecule has 0 amide bonds. The van der Waals surface area contributed by atoms with E-state index in [-0.39, 0.29) is 0 Å². The zero-order valence-corrected chi connectivity index (χ0v) is 15.0. The minimum atomic E-state index is 0.481. The minimum absolute atomic E-state index is 0.481. The van der Waals surface area contributed by atoms with Crippen LogP contribution in [-0.2, 0) is 19.5 Å². The van der Waals surface area contributed by atoms with Crippen molar-refractivity contribution in [3.8, 4) is 0 Å². The summed E-state index contributed by atoms with van der Waals surface area (Å²) in [5.74, 6) is 3.59. The monoisotopic (exact) mass is 346 g/mol. The molecule has 0 spiro atoms. The Bertz CT molecular complexity index is 695. The van der Waals surface area contributed by atoms with E-state index >= 15 is 0 Å². The van der Waals surface area contributed by atoms with Crippen molar-refractivity contribution in [1.29, 1.82) is 0 Å². The van der Waals surface area contributed by atoms with E-state index in [0.717, 1.165) is 62.4 Å². The summed E-state index contributed by atoms with van der Waals surface area (Å²) in [6, 6.07) is 0.481. The van der Waals surface area contributed by atoms with Crippen molar-refractivity contribution in [2.45, 2.75) is 64.1 Å². The third-order valence-electron chi connectivity index (χ3n) is 5.01. The molecule has 25 heavy (non-hydrogen) atoms. The fourth-order valence-electron chi connectivity index (χ4n) is 3.35. The van der Waals surface area contributed by atoms with Crippen molar-refractivity contribution in [3.05, 3.63) is 23.5 Å². The van der Waals surface area contributed by atoms with Crippen molar-refractivity contribution in [2.24, 2.45) is 0 Å². The largest absolute Gasteiger partial charge is 0.424 e. The van der Waals surface area contributed by atoms with Gasteiger partial charge in [-0.25, -0.2) is 0 Å². The van der Waals surface area contributed by atoms with E-state index < -0.39 is 0 Å². The van der Waals surface area contributed by atoms with Gasteiger partial charge in [0.1, 0.15) is 0 Å². The fourth-order valence-corrected chi connectivity index (χ4v) is 3.35. The van der Waals surface area contributed by atoms with E-state index in [9.17, 15) is 0 Å². The quantitative estimate of drug-likeness (QED) is 0.717. The first kappa shape index (κ1) is 16.7. The Balaban J connectivity index is 1.27. The molecule has 1 aliphatic carbocycles. The van der Waals surface area contributed by atoms with Crippen LogP contribution in [0.1, 0.15) is 62.0 Å². The molecule has 4 rings (SSSR count). The molecule has 0 radical (unpaired) electrons. The predicted octanol–water partition coefficient (Wildman–Crippen LogP) is 1.99. The van der Waals surface area contributed by atoms with Crippen LogP contribution in [0.2, 0.25) is 0 Å². The molecule has 3 heterocycles. The lowest BCUT2D eigenvalue weighted by Crippen LogP contribution is -2.34. The van der Waals surface area contributed by atoms with Crippen LogP contribution < -0.4 is 0 Å². The maximum absolute atomic E-state index is 5.78. The van der Waals surface area contributed by atoms with Crippen LogP contribution in [0.3, 0.4) is 0 Å². The molecule has 136 valence electrons. The second kappa shape index (κ2) is 7.21. The Labute approximate surface area is 147 Å². The van der Waals surface area contributed by atoms with Crippen molar-refractivity contribution >= 4 is 0 Å². The zero-order chi connectivity index (χ0) is 17.2. The van der Waals surface area contributed by atoms with Crippen LogP contribution in [0.4, 0.5) is 0 Å². The Morgan fingerprint density at radius 3 is 2.88 bits per heavy atom. The molecule has 2 aliphatic rings. The number of rotatable bonds is 8. The number of likely N-dealkylation sites (N-methyl/N-ethyl adjacent to an activating group) is 1. The molecule has 1 atom stereocenters. The topological polar surface area (TPSA) is 84.3 Å². The highest BCUT2D eigenvalue weighted by molar-refractivity contribution is 5.00. The van der Waals surface area contributed by atoms with Crippen molar-refractivity contribution in [3.63, 3.8) is 0 Å². The summed E-state index contributed by atoms with van der Waals surface area (Å²) in [7, 11) is 2.13. The van der Waals surface area contributed by atoms with Crippen LogP contribution in [-0.4, -0.2) is 56.3 Å². The van der Waals surface area contributed by atoms with E-state index in [1.807, 2.05) is 0 Å². The van der Waals surface area contributed by atoms with Gasteiger partial charge in [0.2, 0.25) is 17.7 Å². The van der Waals surface area contributed by atoms with Gasteiger partial charge in [0.05, 0.1) is 13.1 Å². The highest BCUT2D eigenvalue weighted by Gasteiger charge is 2.31. The lowest BCUT2D eigenvalue weighted by molar-refractivity contribution is 0.197. The lowest BCUT2D eigenvalue weighted by atomic mass is 10.2.